The van der Waals surface area contributed by atoms with Crippen molar-refractivity contribution < 1.29 is 18.3 Å². The second-order valence-corrected chi connectivity index (χ2v) is 5.93. The predicted octanol–water partition coefficient (Wildman–Crippen LogP) is 0.449. The Morgan fingerprint density at radius 2 is 2.22 bits per heavy atom. The first-order valence-electron chi connectivity index (χ1n) is 5.53. The van der Waals surface area contributed by atoms with Crippen molar-refractivity contribution in [3.8, 4) is 0 Å². The highest BCUT2D eigenvalue weighted by molar-refractivity contribution is 7.89. The molecule has 1 heterocycles. The third-order valence-corrected chi connectivity index (χ3v) is 4.40. The highest BCUT2D eigenvalue weighted by atomic mass is 32.2. The van der Waals surface area contributed by atoms with Crippen LogP contribution in [0, 0.1) is 12.8 Å². The van der Waals surface area contributed by atoms with Crippen LogP contribution >= 0.6 is 0 Å². The Labute approximate surface area is 106 Å². The smallest absolute Gasteiger partial charge is 0.307 e. The summed E-state index contributed by atoms with van der Waals surface area (Å²) < 4.78 is 25.5. The maximum absolute atomic E-state index is 12.2. The van der Waals surface area contributed by atoms with Gasteiger partial charge in [0.2, 0.25) is 0 Å². The monoisotopic (exact) mass is 275 g/mol. The normalized spacial score (nSPS) is 13.8. The summed E-state index contributed by atoms with van der Waals surface area (Å²) in [6.07, 6.45) is 1.23. The molecule has 0 radical (unpaired) electrons. The van der Waals surface area contributed by atoms with Gasteiger partial charge in [-0.3, -0.25) is 4.79 Å². The standard InChI is InChI=1S/C10H17N3O4S/c1-4-13(6-7(2)10(14)15)18(16,17)9-5-11-8(3)12-9/h5,7H,4,6H2,1-3H3,(H,11,12)(H,14,15). The quantitative estimate of drug-likeness (QED) is 0.784. The maximum Gasteiger partial charge on any atom is 0.307 e. The Morgan fingerprint density at radius 1 is 1.61 bits per heavy atom. The molecule has 1 rings (SSSR count). The van der Waals surface area contributed by atoms with Gasteiger partial charge in [-0.1, -0.05) is 13.8 Å². The number of hydrogen-bond acceptors (Lipinski definition) is 4. The highest BCUT2D eigenvalue weighted by Crippen LogP contribution is 2.15. The van der Waals surface area contributed by atoms with E-state index in [9.17, 15) is 13.2 Å². The first-order chi connectivity index (χ1) is 8.28. The number of imidazole rings is 1. The fourth-order valence-corrected chi connectivity index (χ4v) is 2.95. The van der Waals surface area contributed by atoms with Gasteiger partial charge in [-0.15, -0.1) is 0 Å². The number of nitrogens with one attached hydrogen (secondary N) is 1. The minimum Gasteiger partial charge on any atom is -0.481 e. The molecular weight excluding hydrogens is 258 g/mol. The number of nitrogens with zero attached hydrogens (tertiary/aromatic N) is 2. The van der Waals surface area contributed by atoms with E-state index < -0.39 is 21.9 Å². The van der Waals surface area contributed by atoms with Gasteiger partial charge < -0.3 is 10.1 Å². The third-order valence-electron chi connectivity index (χ3n) is 2.55. The summed E-state index contributed by atoms with van der Waals surface area (Å²) in [5.41, 5.74) is 0. The van der Waals surface area contributed by atoms with Gasteiger partial charge in [-0.05, 0) is 6.92 Å². The van der Waals surface area contributed by atoms with Crippen LogP contribution in [0.2, 0.25) is 0 Å². The Balaban J connectivity index is 2.97. The van der Waals surface area contributed by atoms with E-state index in [1.807, 2.05) is 0 Å². The number of carboxylic acids is 1. The molecule has 0 fully saturated rings. The number of aromatic amines is 1. The number of sulfonamides is 1. The van der Waals surface area contributed by atoms with E-state index in [2.05, 4.69) is 9.97 Å². The zero-order chi connectivity index (χ0) is 13.9. The SMILES string of the molecule is CCN(CC(C)C(=O)O)S(=O)(=O)c1cnc(C)[nH]1. The van der Waals surface area contributed by atoms with Crippen molar-refractivity contribution in [1.29, 1.82) is 0 Å². The first kappa shape index (κ1) is 14.7. The molecular formula is C10H17N3O4S. The Kier molecular flexibility index (Phi) is 4.47. The van der Waals surface area contributed by atoms with Crippen LogP contribution in [-0.4, -0.2) is 46.9 Å². The van der Waals surface area contributed by atoms with Crippen molar-refractivity contribution in [1.82, 2.24) is 14.3 Å². The zero-order valence-corrected chi connectivity index (χ0v) is 11.4. The molecule has 0 saturated carbocycles. The highest BCUT2D eigenvalue weighted by Gasteiger charge is 2.28. The predicted molar refractivity (Wildman–Crippen MR) is 64.6 cm³/mol. The lowest BCUT2D eigenvalue weighted by Crippen LogP contribution is -2.36. The molecule has 1 aromatic heterocycles. The van der Waals surface area contributed by atoms with Gasteiger partial charge >= 0.3 is 5.97 Å². The lowest BCUT2D eigenvalue weighted by Gasteiger charge is -2.21. The van der Waals surface area contributed by atoms with E-state index in [1.54, 1.807) is 13.8 Å². The van der Waals surface area contributed by atoms with Crippen LogP contribution in [0.1, 0.15) is 19.7 Å². The molecule has 1 atom stereocenters. The lowest BCUT2D eigenvalue weighted by molar-refractivity contribution is -0.141. The van der Waals surface area contributed by atoms with Crippen LogP contribution in [0.25, 0.3) is 0 Å². The summed E-state index contributed by atoms with van der Waals surface area (Å²) >= 11 is 0. The number of hydrogen-bond donors (Lipinski definition) is 2. The van der Waals surface area contributed by atoms with E-state index >= 15 is 0 Å². The minimum atomic E-state index is -3.71. The molecule has 18 heavy (non-hydrogen) atoms. The van der Waals surface area contributed by atoms with Gasteiger partial charge in [-0.2, -0.15) is 4.31 Å². The molecule has 0 bridgehead atoms. The molecule has 8 heteroatoms. The molecule has 0 aromatic carbocycles. The van der Waals surface area contributed by atoms with Crippen LogP contribution in [0.15, 0.2) is 11.2 Å². The van der Waals surface area contributed by atoms with Crippen LogP contribution in [0.5, 0.6) is 0 Å². The van der Waals surface area contributed by atoms with Gasteiger partial charge in [0, 0.05) is 13.1 Å². The van der Waals surface area contributed by atoms with Crippen LogP contribution in [0.4, 0.5) is 0 Å². The molecule has 2 N–H and O–H groups in total. The van der Waals surface area contributed by atoms with Crippen LogP contribution in [-0.2, 0) is 14.8 Å². The number of aromatic nitrogens is 2. The number of aliphatic carboxylic acids is 1. The summed E-state index contributed by atoms with van der Waals surface area (Å²) in [7, 11) is -3.71. The van der Waals surface area contributed by atoms with Gasteiger partial charge in [0.15, 0.2) is 5.03 Å². The summed E-state index contributed by atoms with van der Waals surface area (Å²) in [5.74, 6) is -1.29. The zero-order valence-electron chi connectivity index (χ0n) is 10.5. The lowest BCUT2D eigenvalue weighted by atomic mass is 10.2. The number of aryl methyl sites for hydroxylation is 1. The topological polar surface area (TPSA) is 103 Å². The van der Waals surface area contributed by atoms with E-state index in [4.69, 9.17) is 5.11 Å². The first-order valence-corrected chi connectivity index (χ1v) is 6.97. The molecule has 0 saturated heterocycles. The molecule has 7 nitrogen and oxygen atoms in total. The summed E-state index contributed by atoms with van der Waals surface area (Å²) in [5, 5.41) is 8.81. The van der Waals surface area contributed by atoms with Crippen LogP contribution in [0.3, 0.4) is 0 Å². The summed E-state index contributed by atoms with van der Waals surface area (Å²) in [6, 6.07) is 0. The van der Waals surface area contributed by atoms with Crippen molar-refractivity contribution in [2.45, 2.75) is 25.8 Å². The van der Waals surface area contributed by atoms with E-state index in [0.717, 1.165) is 4.31 Å². The molecule has 0 amide bonds. The Morgan fingerprint density at radius 3 is 2.61 bits per heavy atom. The largest absolute Gasteiger partial charge is 0.481 e. The molecule has 102 valence electrons. The van der Waals surface area contributed by atoms with E-state index in [0.29, 0.717) is 5.82 Å². The van der Waals surface area contributed by atoms with Gasteiger partial charge in [0.25, 0.3) is 10.0 Å². The van der Waals surface area contributed by atoms with Crippen molar-refractivity contribution >= 4 is 16.0 Å². The van der Waals surface area contributed by atoms with Crippen molar-refractivity contribution in [2.24, 2.45) is 5.92 Å². The third kappa shape index (κ3) is 3.08. The van der Waals surface area contributed by atoms with Gasteiger partial charge in [-0.25, -0.2) is 13.4 Å². The van der Waals surface area contributed by atoms with Gasteiger partial charge in [0.05, 0.1) is 12.1 Å². The number of H-pyrrole nitrogens is 1. The average Bonchev–Trinajstić information content (AvgIpc) is 2.72. The Hall–Kier alpha value is -1.41. The minimum absolute atomic E-state index is 0.0144. The summed E-state index contributed by atoms with van der Waals surface area (Å²) in [6.45, 7) is 4.92. The molecule has 0 spiro atoms. The maximum atomic E-state index is 12.2. The second-order valence-electron chi connectivity index (χ2n) is 4.03. The van der Waals surface area contributed by atoms with Crippen molar-refractivity contribution in [3.05, 3.63) is 12.0 Å². The number of rotatable bonds is 6. The molecule has 0 aliphatic rings. The summed E-state index contributed by atoms with van der Waals surface area (Å²) in [4.78, 5) is 17.3. The fraction of sp³-hybridized carbons (Fsp3) is 0.600. The molecule has 0 aliphatic heterocycles. The molecule has 1 aromatic rings. The van der Waals surface area contributed by atoms with Gasteiger partial charge in [0.1, 0.15) is 5.82 Å². The number of carbonyl (C=O) groups is 1. The molecule has 1 unspecified atom stereocenters. The Bertz CT molecular complexity index is 523. The molecule has 0 aliphatic carbocycles. The van der Waals surface area contributed by atoms with E-state index in [-0.39, 0.29) is 18.1 Å². The second kappa shape index (κ2) is 5.49. The van der Waals surface area contributed by atoms with Crippen molar-refractivity contribution in [2.75, 3.05) is 13.1 Å². The van der Waals surface area contributed by atoms with E-state index in [1.165, 1.54) is 13.1 Å². The number of carboxylic acid groups (broad SMARTS) is 1. The fourth-order valence-electron chi connectivity index (χ4n) is 1.45. The average molecular weight is 275 g/mol. The van der Waals surface area contributed by atoms with Crippen molar-refractivity contribution in [3.63, 3.8) is 0 Å². The van der Waals surface area contributed by atoms with Crippen LogP contribution < -0.4 is 0 Å².